The highest BCUT2D eigenvalue weighted by Crippen LogP contribution is 2.36. The van der Waals surface area contributed by atoms with E-state index in [0.717, 1.165) is 31.2 Å². The van der Waals surface area contributed by atoms with Gasteiger partial charge >= 0.3 is 0 Å². The van der Waals surface area contributed by atoms with Crippen molar-refractivity contribution in [3.63, 3.8) is 0 Å². The summed E-state index contributed by atoms with van der Waals surface area (Å²) in [5, 5.41) is 3.16. The lowest BCUT2D eigenvalue weighted by molar-refractivity contribution is -0.117. The second-order valence-electron chi connectivity index (χ2n) is 9.38. The van der Waals surface area contributed by atoms with Crippen molar-refractivity contribution >= 4 is 23.6 Å². The maximum atomic E-state index is 13.7. The quantitative estimate of drug-likeness (QED) is 0.344. The smallest absolute Gasteiger partial charge is 0.294 e. The lowest BCUT2D eigenvalue weighted by Gasteiger charge is -2.30. The maximum Gasteiger partial charge on any atom is 0.294 e. The molecule has 2 amide bonds. The van der Waals surface area contributed by atoms with Crippen molar-refractivity contribution in [2.45, 2.75) is 51.1 Å². The molecule has 36 heavy (non-hydrogen) atoms. The molecule has 2 aliphatic rings. The molecule has 0 radical (unpaired) electrons. The number of anilines is 1. The molecule has 1 fully saturated rings. The zero-order chi connectivity index (χ0) is 24.9. The van der Waals surface area contributed by atoms with E-state index in [9.17, 15) is 14.0 Å². The molecule has 0 atom stereocenters. The average Bonchev–Trinajstić information content (AvgIpc) is 3.15. The summed E-state index contributed by atoms with van der Waals surface area (Å²) in [7, 11) is 0. The van der Waals surface area contributed by atoms with Gasteiger partial charge in [0.05, 0.1) is 12.2 Å². The Balaban J connectivity index is 1.34. The van der Waals surface area contributed by atoms with E-state index >= 15 is 0 Å². The van der Waals surface area contributed by atoms with E-state index in [0.29, 0.717) is 22.6 Å². The predicted molar refractivity (Wildman–Crippen MR) is 138 cm³/mol. The number of halogens is 1. The van der Waals surface area contributed by atoms with Gasteiger partial charge in [0, 0.05) is 11.6 Å². The van der Waals surface area contributed by atoms with Crippen LogP contribution in [-0.2, 0) is 11.3 Å². The van der Waals surface area contributed by atoms with Crippen molar-refractivity contribution in [1.82, 2.24) is 5.32 Å². The summed E-state index contributed by atoms with van der Waals surface area (Å²) in [6.45, 7) is 0.217. The SMILES string of the molecule is O=C(NC1CCCCCC1)c1ccc(/C=C2\Oc3ccccc3N(Cc3cccc(F)c3)C2=O)cc1. The average molecular weight is 485 g/mol. The van der Waals surface area contributed by atoms with Crippen LogP contribution in [0.15, 0.2) is 78.6 Å². The zero-order valence-electron chi connectivity index (χ0n) is 20.1. The van der Waals surface area contributed by atoms with Crippen molar-refractivity contribution in [2.75, 3.05) is 4.90 Å². The number of hydrogen-bond donors (Lipinski definition) is 1. The fourth-order valence-electron chi connectivity index (χ4n) is 4.81. The van der Waals surface area contributed by atoms with Crippen LogP contribution < -0.4 is 15.0 Å². The Labute approximate surface area is 210 Å². The number of carbonyl (C=O) groups is 2. The molecule has 0 bridgehead atoms. The number of carbonyl (C=O) groups excluding carboxylic acids is 2. The van der Waals surface area contributed by atoms with Gasteiger partial charge in [-0.15, -0.1) is 0 Å². The molecule has 6 heteroatoms. The Morgan fingerprint density at radius 3 is 2.47 bits per heavy atom. The van der Waals surface area contributed by atoms with E-state index in [4.69, 9.17) is 4.74 Å². The Bertz CT molecular complexity index is 1280. The topological polar surface area (TPSA) is 58.6 Å². The van der Waals surface area contributed by atoms with E-state index in [2.05, 4.69) is 5.32 Å². The first-order valence-corrected chi connectivity index (χ1v) is 12.5. The van der Waals surface area contributed by atoms with E-state index in [-0.39, 0.29) is 36.0 Å². The number of nitrogens with one attached hydrogen (secondary N) is 1. The van der Waals surface area contributed by atoms with E-state index in [1.54, 1.807) is 41.3 Å². The van der Waals surface area contributed by atoms with Crippen LogP contribution in [-0.4, -0.2) is 17.9 Å². The maximum absolute atomic E-state index is 13.7. The molecule has 1 saturated carbocycles. The van der Waals surface area contributed by atoms with Crippen molar-refractivity contribution in [3.05, 3.63) is 101 Å². The summed E-state index contributed by atoms with van der Waals surface area (Å²) in [6.07, 6.45) is 8.52. The first-order valence-electron chi connectivity index (χ1n) is 12.5. The number of benzene rings is 3. The largest absolute Gasteiger partial charge is 0.449 e. The molecule has 0 saturated heterocycles. The van der Waals surface area contributed by atoms with E-state index < -0.39 is 0 Å². The highest BCUT2D eigenvalue weighted by Gasteiger charge is 2.30. The molecule has 1 N–H and O–H groups in total. The first kappa shape index (κ1) is 23.8. The molecular formula is C30H29FN2O3. The molecular weight excluding hydrogens is 455 g/mol. The number of nitrogens with zero attached hydrogens (tertiary/aromatic N) is 1. The van der Waals surface area contributed by atoms with E-state index in [1.165, 1.54) is 25.0 Å². The van der Waals surface area contributed by atoms with Crippen LogP contribution in [0.5, 0.6) is 5.75 Å². The zero-order valence-corrected chi connectivity index (χ0v) is 20.1. The third-order valence-corrected chi connectivity index (χ3v) is 6.72. The van der Waals surface area contributed by atoms with Gasteiger partial charge < -0.3 is 10.1 Å². The summed E-state index contributed by atoms with van der Waals surface area (Å²) in [5.41, 5.74) is 2.66. The normalized spacial score (nSPS) is 17.3. The summed E-state index contributed by atoms with van der Waals surface area (Å²) in [6, 6.07) is 20.9. The number of para-hydroxylation sites is 2. The van der Waals surface area contributed by atoms with Crippen molar-refractivity contribution in [1.29, 1.82) is 0 Å². The minimum absolute atomic E-state index is 0.0682. The van der Waals surface area contributed by atoms with Crippen LogP contribution in [0.2, 0.25) is 0 Å². The predicted octanol–water partition coefficient (Wildman–Crippen LogP) is 6.25. The Morgan fingerprint density at radius 2 is 1.72 bits per heavy atom. The highest BCUT2D eigenvalue weighted by atomic mass is 19.1. The van der Waals surface area contributed by atoms with Gasteiger partial charge in [-0.1, -0.05) is 62.1 Å². The van der Waals surface area contributed by atoms with Crippen molar-refractivity contribution in [2.24, 2.45) is 0 Å². The molecule has 184 valence electrons. The summed E-state index contributed by atoms with van der Waals surface area (Å²) >= 11 is 0. The molecule has 0 unspecified atom stereocenters. The molecule has 3 aromatic carbocycles. The number of ether oxygens (including phenoxy) is 1. The number of rotatable bonds is 5. The molecule has 3 aromatic rings. The monoisotopic (exact) mass is 484 g/mol. The molecule has 0 aromatic heterocycles. The van der Waals surface area contributed by atoms with Gasteiger partial charge in [0.25, 0.3) is 11.8 Å². The molecule has 1 aliphatic heterocycles. The van der Waals surface area contributed by atoms with Gasteiger partial charge in [0.2, 0.25) is 0 Å². The third-order valence-electron chi connectivity index (χ3n) is 6.72. The second kappa shape index (κ2) is 10.8. The van der Waals surface area contributed by atoms with Crippen LogP contribution in [0, 0.1) is 5.82 Å². The van der Waals surface area contributed by atoms with Crippen LogP contribution in [0.1, 0.15) is 60.0 Å². The fraction of sp³-hybridized carbons (Fsp3) is 0.267. The van der Waals surface area contributed by atoms with Gasteiger partial charge in [0.1, 0.15) is 5.82 Å². The summed E-state index contributed by atoms with van der Waals surface area (Å²) in [4.78, 5) is 27.7. The third kappa shape index (κ3) is 5.48. The minimum Gasteiger partial charge on any atom is -0.449 e. The van der Waals surface area contributed by atoms with Crippen LogP contribution in [0.3, 0.4) is 0 Å². The van der Waals surface area contributed by atoms with Crippen LogP contribution >= 0.6 is 0 Å². The highest BCUT2D eigenvalue weighted by molar-refractivity contribution is 6.09. The summed E-state index contributed by atoms with van der Waals surface area (Å²) < 4.78 is 19.7. The van der Waals surface area contributed by atoms with E-state index in [1.807, 2.05) is 30.3 Å². The van der Waals surface area contributed by atoms with Gasteiger partial charge in [-0.2, -0.15) is 0 Å². The lowest BCUT2D eigenvalue weighted by atomic mass is 10.1. The molecule has 1 aliphatic carbocycles. The molecule has 1 heterocycles. The number of fused-ring (bicyclic) bond motifs is 1. The van der Waals surface area contributed by atoms with Gasteiger partial charge in [-0.25, -0.2) is 4.39 Å². The molecule has 5 rings (SSSR count). The van der Waals surface area contributed by atoms with Crippen molar-refractivity contribution < 1.29 is 18.7 Å². The Hall–Kier alpha value is -3.93. The Morgan fingerprint density at radius 1 is 0.972 bits per heavy atom. The summed E-state index contributed by atoms with van der Waals surface area (Å²) in [5.74, 6) is -0.00484. The number of amides is 2. The van der Waals surface area contributed by atoms with Gasteiger partial charge in [-0.05, 0) is 66.4 Å². The minimum atomic E-state index is -0.347. The number of hydrogen-bond acceptors (Lipinski definition) is 3. The van der Waals surface area contributed by atoms with Crippen LogP contribution in [0.25, 0.3) is 6.08 Å². The van der Waals surface area contributed by atoms with Crippen molar-refractivity contribution in [3.8, 4) is 5.75 Å². The molecule has 5 nitrogen and oxygen atoms in total. The second-order valence-corrected chi connectivity index (χ2v) is 9.38. The molecule has 0 spiro atoms. The van der Waals surface area contributed by atoms with Crippen LogP contribution in [0.4, 0.5) is 10.1 Å². The first-order chi connectivity index (χ1) is 17.6. The van der Waals surface area contributed by atoms with Gasteiger partial charge in [0.15, 0.2) is 11.5 Å². The van der Waals surface area contributed by atoms with Gasteiger partial charge in [-0.3, -0.25) is 14.5 Å². The lowest BCUT2D eigenvalue weighted by Crippen LogP contribution is -2.36. The standard InChI is InChI=1S/C30H29FN2O3/c31-24-9-7-8-22(18-24)20-33-26-12-5-6-13-27(26)36-28(30(33)35)19-21-14-16-23(17-15-21)29(34)32-25-10-3-1-2-4-11-25/h5-9,12-19,25H,1-4,10-11,20H2,(H,32,34)/b28-19-. The Kier molecular flexibility index (Phi) is 7.12. The fourth-order valence-corrected chi connectivity index (χ4v) is 4.81.